The number of rotatable bonds is 5. The topological polar surface area (TPSA) is 73.8 Å². The normalized spacial score (nSPS) is 22.0. The van der Waals surface area contributed by atoms with Crippen LogP contribution in [0.15, 0.2) is 24.5 Å². The third kappa shape index (κ3) is 3.51. The Balaban J connectivity index is 1.52. The van der Waals surface area contributed by atoms with Gasteiger partial charge in [-0.1, -0.05) is 20.3 Å². The van der Waals surface area contributed by atoms with E-state index >= 15 is 0 Å². The van der Waals surface area contributed by atoms with Crippen LogP contribution in [0.25, 0.3) is 0 Å². The summed E-state index contributed by atoms with van der Waals surface area (Å²) in [6, 6.07) is 3.29. The van der Waals surface area contributed by atoms with Crippen LogP contribution in [0.2, 0.25) is 0 Å². The number of carbonyl (C=O) groups is 3. The van der Waals surface area contributed by atoms with Gasteiger partial charge in [0.2, 0.25) is 0 Å². The van der Waals surface area contributed by atoms with Crippen molar-refractivity contribution in [2.45, 2.75) is 51.5 Å². The molecule has 4 amide bonds. The number of piperidine rings is 1. The lowest BCUT2D eigenvalue weighted by Crippen LogP contribution is -2.58. The second-order valence-electron chi connectivity index (χ2n) is 9.06. The molecule has 2 saturated heterocycles. The van der Waals surface area contributed by atoms with Crippen molar-refractivity contribution in [2.75, 3.05) is 26.2 Å². The molecule has 0 unspecified atom stereocenters. The summed E-state index contributed by atoms with van der Waals surface area (Å²) in [5.74, 6) is 0.642. The zero-order valence-electron chi connectivity index (χ0n) is 17.3. The van der Waals surface area contributed by atoms with E-state index in [1.54, 1.807) is 29.4 Å². The van der Waals surface area contributed by atoms with Crippen molar-refractivity contribution >= 4 is 17.8 Å². The Kier molecular flexibility index (Phi) is 5.32. The lowest BCUT2D eigenvalue weighted by molar-refractivity contribution is -0.136. The number of aromatic nitrogens is 1. The highest BCUT2D eigenvalue weighted by Gasteiger charge is 2.58. The molecule has 1 aliphatic carbocycles. The Hall–Kier alpha value is -2.44. The molecule has 4 rings (SSSR count). The van der Waals surface area contributed by atoms with E-state index in [0.717, 1.165) is 12.8 Å². The minimum atomic E-state index is -0.792. The zero-order chi connectivity index (χ0) is 20.6. The average Bonchev–Trinajstić information content (AvgIpc) is 2.87. The number of amides is 4. The highest BCUT2D eigenvalue weighted by Crippen LogP contribution is 2.40. The minimum Gasteiger partial charge on any atom is -0.338 e. The highest BCUT2D eigenvalue weighted by atomic mass is 16.2. The molecular weight excluding hydrogens is 368 g/mol. The lowest BCUT2D eigenvalue weighted by Gasteiger charge is -2.42. The van der Waals surface area contributed by atoms with Gasteiger partial charge in [0.25, 0.3) is 11.8 Å². The van der Waals surface area contributed by atoms with Gasteiger partial charge in [0.1, 0.15) is 5.54 Å². The van der Waals surface area contributed by atoms with E-state index in [1.807, 2.05) is 4.90 Å². The molecule has 7 heteroatoms. The maximum absolute atomic E-state index is 13.5. The Bertz CT molecular complexity index is 783. The predicted octanol–water partition coefficient (Wildman–Crippen LogP) is 2.78. The zero-order valence-corrected chi connectivity index (χ0v) is 17.3. The first kappa shape index (κ1) is 19.9. The van der Waals surface area contributed by atoms with Crippen molar-refractivity contribution in [1.29, 1.82) is 0 Å². The molecule has 2 aliphatic heterocycles. The van der Waals surface area contributed by atoms with Crippen LogP contribution >= 0.6 is 0 Å². The molecule has 0 N–H and O–H groups in total. The molecule has 0 bridgehead atoms. The fourth-order valence-electron chi connectivity index (χ4n) is 4.74. The maximum atomic E-state index is 13.5. The molecule has 1 saturated carbocycles. The Morgan fingerprint density at radius 3 is 2.38 bits per heavy atom. The van der Waals surface area contributed by atoms with Gasteiger partial charge in [0, 0.05) is 44.1 Å². The van der Waals surface area contributed by atoms with Gasteiger partial charge in [-0.15, -0.1) is 0 Å². The largest absolute Gasteiger partial charge is 0.338 e. The molecule has 29 heavy (non-hydrogen) atoms. The van der Waals surface area contributed by atoms with E-state index < -0.39 is 5.54 Å². The van der Waals surface area contributed by atoms with Gasteiger partial charge in [-0.05, 0) is 49.7 Å². The Labute approximate surface area is 172 Å². The smallest absolute Gasteiger partial charge is 0.327 e. The third-order valence-electron chi connectivity index (χ3n) is 6.64. The summed E-state index contributed by atoms with van der Waals surface area (Å²) in [7, 11) is 0. The molecule has 0 aromatic carbocycles. The van der Waals surface area contributed by atoms with Crippen molar-refractivity contribution in [2.24, 2.45) is 11.8 Å². The van der Waals surface area contributed by atoms with E-state index in [4.69, 9.17) is 0 Å². The molecular formula is C22H30N4O3. The molecule has 7 nitrogen and oxygen atoms in total. The van der Waals surface area contributed by atoms with Crippen LogP contribution in [0.3, 0.4) is 0 Å². The van der Waals surface area contributed by atoms with E-state index in [2.05, 4.69) is 18.8 Å². The number of imide groups is 1. The van der Waals surface area contributed by atoms with Gasteiger partial charge >= 0.3 is 6.03 Å². The highest BCUT2D eigenvalue weighted by molar-refractivity contribution is 6.07. The van der Waals surface area contributed by atoms with Gasteiger partial charge in [0.15, 0.2) is 0 Å². The number of carbonyl (C=O) groups excluding carboxylic acids is 3. The van der Waals surface area contributed by atoms with Crippen molar-refractivity contribution in [3.05, 3.63) is 30.1 Å². The first-order valence-corrected chi connectivity index (χ1v) is 10.8. The fraction of sp³-hybridized carbons (Fsp3) is 0.636. The summed E-state index contributed by atoms with van der Waals surface area (Å²) in [6.07, 6.45) is 7.62. The molecule has 3 fully saturated rings. The molecule has 1 aromatic heterocycles. The minimum absolute atomic E-state index is 0.0410. The van der Waals surface area contributed by atoms with Crippen LogP contribution < -0.4 is 0 Å². The van der Waals surface area contributed by atoms with Crippen molar-refractivity contribution in [3.8, 4) is 0 Å². The van der Waals surface area contributed by atoms with E-state index in [9.17, 15) is 14.4 Å². The van der Waals surface area contributed by atoms with E-state index in [0.29, 0.717) is 50.5 Å². The van der Waals surface area contributed by atoms with E-state index in [1.165, 1.54) is 11.3 Å². The number of urea groups is 1. The molecule has 3 heterocycles. The summed E-state index contributed by atoms with van der Waals surface area (Å²) in [4.78, 5) is 48.5. The summed E-state index contributed by atoms with van der Waals surface area (Å²) in [5.41, 5.74) is -0.185. The SMILES string of the molecule is CC(C)CN1C(=O)N(CC2CCC2)C(=O)C12CCN(C(=O)c1ccncc1)CC2. The van der Waals surface area contributed by atoms with Crippen molar-refractivity contribution < 1.29 is 14.4 Å². The number of pyridine rings is 1. The molecule has 3 aliphatic rings. The average molecular weight is 399 g/mol. The van der Waals surface area contributed by atoms with E-state index in [-0.39, 0.29) is 23.8 Å². The van der Waals surface area contributed by atoms with Crippen molar-refractivity contribution in [3.63, 3.8) is 0 Å². The monoisotopic (exact) mass is 398 g/mol. The summed E-state index contributed by atoms with van der Waals surface area (Å²) < 4.78 is 0. The number of likely N-dealkylation sites (tertiary alicyclic amines) is 1. The molecule has 156 valence electrons. The molecule has 1 spiro atoms. The van der Waals surface area contributed by atoms with Crippen molar-refractivity contribution in [1.82, 2.24) is 19.7 Å². The summed E-state index contributed by atoms with van der Waals surface area (Å²) in [6.45, 7) is 6.22. The number of nitrogens with zero attached hydrogens (tertiary/aromatic N) is 4. The van der Waals surface area contributed by atoms with Gasteiger partial charge < -0.3 is 9.80 Å². The molecule has 0 radical (unpaired) electrons. The van der Waals surface area contributed by atoms with Crippen LogP contribution in [0.1, 0.15) is 56.3 Å². The predicted molar refractivity (Wildman–Crippen MR) is 108 cm³/mol. The second kappa shape index (κ2) is 7.76. The van der Waals surface area contributed by atoms with Crippen LogP contribution in [-0.4, -0.2) is 69.2 Å². The molecule has 0 atom stereocenters. The van der Waals surface area contributed by atoms with Gasteiger partial charge in [0.05, 0.1) is 0 Å². The molecule has 1 aromatic rings. The van der Waals surface area contributed by atoms with Gasteiger partial charge in [-0.3, -0.25) is 19.5 Å². The Morgan fingerprint density at radius 2 is 1.83 bits per heavy atom. The summed E-state index contributed by atoms with van der Waals surface area (Å²) in [5, 5.41) is 0. The van der Waals surface area contributed by atoms with Gasteiger partial charge in [-0.2, -0.15) is 0 Å². The van der Waals surface area contributed by atoms with Crippen LogP contribution in [0, 0.1) is 11.8 Å². The quantitative estimate of drug-likeness (QED) is 0.715. The second-order valence-corrected chi connectivity index (χ2v) is 9.06. The summed E-state index contributed by atoms with van der Waals surface area (Å²) >= 11 is 0. The first-order valence-electron chi connectivity index (χ1n) is 10.8. The first-order chi connectivity index (χ1) is 13.9. The number of hydrogen-bond acceptors (Lipinski definition) is 4. The van der Waals surface area contributed by atoms with Crippen LogP contribution in [-0.2, 0) is 4.79 Å². The van der Waals surface area contributed by atoms with Gasteiger partial charge in [-0.25, -0.2) is 4.79 Å². The number of hydrogen-bond donors (Lipinski definition) is 0. The maximum Gasteiger partial charge on any atom is 0.327 e. The van der Waals surface area contributed by atoms with Crippen LogP contribution in [0.4, 0.5) is 4.79 Å². The Morgan fingerprint density at radius 1 is 1.17 bits per heavy atom. The standard InChI is InChI=1S/C22H30N4O3/c1-16(2)14-26-21(29)25(15-17-4-3-5-17)20(28)22(26)8-12-24(13-9-22)19(27)18-6-10-23-11-7-18/h6-7,10-11,16-17H,3-5,8-9,12-15H2,1-2H3. The van der Waals surface area contributed by atoms with Crippen LogP contribution in [0.5, 0.6) is 0 Å². The fourth-order valence-corrected chi connectivity index (χ4v) is 4.74. The lowest BCUT2D eigenvalue weighted by atomic mass is 9.83. The third-order valence-corrected chi connectivity index (χ3v) is 6.64.